The predicted molar refractivity (Wildman–Crippen MR) is 58.9 cm³/mol. The zero-order valence-electron chi connectivity index (χ0n) is 8.49. The molecule has 0 unspecified atom stereocenters. The van der Waals surface area contributed by atoms with E-state index in [1.54, 1.807) is 0 Å². The lowest BCUT2D eigenvalue weighted by Crippen LogP contribution is -2.27. The minimum absolute atomic E-state index is 0.0140. The van der Waals surface area contributed by atoms with Crippen molar-refractivity contribution in [1.29, 1.82) is 0 Å². The molecule has 0 bridgehead atoms. The molecule has 0 saturated carbocycles. The molecular weight excluding hydrogens is 283 g/mol. The Bertz CT molecular complexity index is 403. The van der Waals surface area contributed by atoms with Crippen LogP contribution in [0.25, 0.3) is 0 Å². The first-order valence-electron chi connectivity index (χ1n) is 5.15. The van der Waals surface area contributed by atoms with Gasteiger partial charge in [-0.2, -0.15) is 0 Å². The van der Waals surface area contributed by atoms with Crippen LogP contribution in [0.15, 0.2) is 10.5 Å². The molecule has 1 aliphatic heterocycles. The molecular formula is C11H11BrF3N. The van der Waals surface area contributed by atoms with Crippen LogP contribution in [-0.2, 0) is 0 Å². The summed E-state index contributed by atoms with van der Waals surface area (Å²) in [5.41, 5.74) is 0.271. The molecule has 5 heteroatoms. The third kappa shape index (κ3) is 2.11. The summed E-state index contributed by atoms with van der Waals surface area (Å²) in [7, 11) is 0. The van der Waals surface area contributed by atoms with Gasteiger partial charge in [0.05, 0.1) is 4.47 Å². The maximum Gasteiger partial charge on any atom is 0.195 e. The molecule has 1 aromatic rings. The number of benzene rings is 1. The quantitative estimate of drug-likeness (QED) is 0.619. The molecule has 0 radical (unpaired) electrons. The molecule has 1 fully saturated rings. The van der Waals surface area contributed by atoms with Crippen molar-refractivity contribution < 1.29 is 13.2 Å². The molecule has 0 aromatic heterocycles. The van der Waals surface area contributed by atoms with E-state index < -0.39 is 17.5 Å². The highest BCUT2D eigenvalue weighted by Gasteiger charge is 2.24. The van der Waals surface area contributed by atoms with Crippen LogP contribution in [0.4, 0.5) is 13.2 Å². The second-order valence-electron chi connectivity index (χ2n) is 3.91. The van der Waals surface area contributed by atoms with Crippen LogP contribution in [0.5, 0.6) is 0 Å². The lowest BCUT2D eigenvalue weighted by atomic mass is 9.90. The number of hydrogen-bond donors (Lipinski definition) is 1. The Morgan fingerprint density at radius 2 is 1.69 bits per heavy atom. The van der Waals surface area contributed by atoms with Crippen LogP contribution >= 0.6 is 15.9 Å². The number of hydrogen-bond acceptors (Lipinski definition) is 1. The Morgan fingerprint density at radius 1 is 1.06 bits per heavy atom. The highest BCUT2D eigenvalue weighted by Crippen LogP contribution is 2.32. The van der Waals surface area contributed by atoms with Crippen molar-refractivity contribution in [3.63, 3.8) is 0 Å². The lowest BCUT2D eigenvalue weighted by molar-refractivity contribution is 0.408. The largest absolute Gasteiger partial charge is 0.317 e. The Kier molecular flexibility index (Phi) is 3.54. The first-order valence-corrected chi connectivity index (χ1v) is 5.94. The van der Waals surface area contributed by atoms with Gasteiger partial charge in [-0.15, -0.1) is 0 Å². The maximum absolute atomic E-state index is 13.6. The Morgan fingerprint density at radius 3 is 2.31 bits per heavy atom. The summed E-state index contributed by atoms with van der Waals surface area (Å²) in [6.45, 7) is 1.56. The van der Waals surface area contributed by atoms with Crippen molar-refractivity contribution >= 4 is 15.9 Å². The van der Waals surface area contributed by atoms with Crippen LogP contribution in [0.1, 0.15) is 24.3 Å². The van der Waals surface area contributed by atoms with E-state index in [4.69, 9.17) is 0 Å². The van der Waals surface area contributed by atoms with Crippen LogP contribution in [0.3, 0.4) is 0 Å². The van der Waals surface area contributed by atoms with Crippen molar-refractivity contribution in [3.05, 3.63) is 33.6 Å². The summed E-state index contributed by atoms with van der Waals surface area (Å²) in [4.78, 5) is 0. The smallest absolute Gasteiger partial charge is 0.195 e. The minimum atomic E-state index is -1.39. The summed E-state index contributed by atoms with van der Waals surface area (Å²) in [5.74, 6) is -3.63. The lowest BCUT2D eigenvalue weighted by Gasteiger charge is -2.23. The molecule has 1 aliphatic rings. The van der Waals surface area contributed by atoms with E-state index in [2.05, 4.69) is 21.2 Å². The normalized spacial score (nSPS) is 17.8. The molecule has 1 saturated heterocycles. The van der Waals surface area contributed by atoms with Gasteiger partial charge in [-0.05, 0) is 59.4 Å². The third-order valence-electron chi connectivity index (χ3n) is 2.91. The molecule has 1 N–H and O–H groups in total. The standard InChI is InChI=1S/C11H11BrF3N/c12-8-5-7(6-1-3-16-4-2-6)9(13)11(15)10(8)14/h5-6,16H,1-4H2. The first-order chi connectivity index (χ1) is 7.61. The van der Waals surface area contributed by atoms with E-state index in [1.165, 1.54) is 6.07 Å². The van der Waals surface area contributed by atoms with Gasteiger partial charge >= 0.3 is 0 Å². The molecule has 16 heavy (non-hydrogen) atoms. The van der Waals surface area contributed by atoms with Crippen molar-refractivity contribution in [3.8, 4) is 0 Å². The fourth-order valence-electron chi connectivity index (χ4n) is 2.02. The van der Waals surface area contributed by atoms with Gasteiger partial charge in [-0.1, -0.05) is 0 Å². The van der Waals surface area contributed by atoms with E-state index in [0.717, 1.165) is 25.9 Å². The van der Waals surface area contributed by atoms with Gasteiger partial charge in [0.1, 0.15) is 0 Å². The fraction of sp³-hybridized carbons (Fsp3) is 0.455. The van der Waals surface area contributed by atoms with Gasteiger partial charge in [-0.25, -0.2) is 13.2 Å². The van der Waals surface area contributed by atoms with Gasteiger partial charge < -0.3 is 5.32 Å². The molecule has 2 rings (SSSR count). The number of piperidine rings is 1. The molecule has 1 nitrogen and oxygen atoms in total. The number of nitrogens with one attached hydrogen (secondary N) is 1. The topological polar surface area (TPSA) is 12.0 Å². The van der Waals surface area contributed by atoms with Crippen molar-refractivity contribution in [2.45, 2.75) is 18.8 Å². The molecule has 0 amide bonds. The van der Waals surface area contributed by atoms with E-state index in [9.17, 15) is 13.2 Å². The van der Waals surface area contributed by atoms with Gasteiger partial charge in [0, 0.05) is 0 Å². The van der Waals surface area contributed by atoms with E-state index in [1.807, 2.05) is 0 Å². The molecule has 1 heterocycles. The summed E-state index contributed by atoms with van der Waals surface area (Å²) in [6.07, 6.45) is 1.49. The molecule has 0 spiro atoms. The Hall–Kier alpha value is -0.550. The summed E-state index contributed by atoms with van der Waals surface area (Å²) >= 11 is 2.90. The van der Waals surface area contributed by atoms with Crippen molar-refractivity contribution in [2.24, 2.45) is 0 Å². The average molecular weight is 294 g/mol. The van der Waals surface area contributed by atoms with Gasteiger partial charge in [0.15, 0.2) is 17.5 Å². The van der Waals surface area contributed by atoms with Crippen LogP contribution in [0, 0.1) is 17.5 Å². The monoisotopic (exact) mass is 293 g/mol. The summed E-state index contributed by atoms with van der Waals surface area (Å²) in [5, 5.41) is 3.14. The van der Waals surface area contributed by atoms with Gasteiger partial charge in [0.2, 0.25) is 0 Å². The summed E-state index contributed by atoms with van der Waals surface area (Å²) < 4.78 is 39.8. The van der Waals surface area contributed by atoms with Gasteiger partial charge in [0.25, 0.3) is 0 Å². The van der Waals surface area contributed by atoms with Crippen LogP contribution < -0.4 is 5.32 Å². The molecule has 0 atom stereocenters. The molecule has 0 aliphatic carbocycles. The van der Waals surface area contributed by atoms with Crippen LogP contribution in [-0.4, -0.2) is 13.1 Å². The van der Waals surface area contributed by atoms with E-state index in [0.29, 0.717) is 0 Å². The van der Waals surface area contributed by atoms with Crippen molar-refractivity contribution in [2.75, 3.05) is 13.1 Å². The molecule has 88 valence electrons. The number of rotatable bonds is 1. The Balaban J connectivity index is 2.40. The minimum Gasteiger partial charge on any atom is -0.317 e. The summed E-state index contributed by atoms with van der Waals surface area (Å²) in [6, 6.07) is 1.35. The third-order valence-corrected chi connectivity index (χ3v) is 3.49. The molecule has 1 aromatic carbocycles. The predicted octanol–water partition coefficient (Wildman–Crippen LogP) is 3.33. The second kappa shape index (κ2) is 4.75. The zero-order valence-corrected chi connectivity index (χ0v) is 10.1. The average Bonchev–Trinajstić information content (AvgIpc) is 2.32. The van der Waals surface area contributed by atoms with Crippen molar-refractivity contribution in [1.82, 2.24) is 5.32 Å². The van der Waals surface area contributed by atoms with E-state index in [-0.39, 0.29) is 16.0 Å². The Labute approximate surface area is 100 Å². The number of halogens is 4. The zero-order chi connectivity index (χ0) is 11.7. The highest BCUT2D eigenvalue weighted by molar-refractivity contribution is 9.10. The van der Waals surface area contributed by atoms with Gasteiger partial charge in [-0.3, -0.25) is 0 Å². The SMILES string of the molecule is Fc1c(Br)cc(C2CCNCC2)c(F)c1F. The van der Waals surface area contributed by atoms with Crippen LogP contribution in [0.2, 0.25) is 0 Å². The second-order valence-corrected chi connectivity index (χ2v) is 4.77. The highest BCUT2D eigenvalue weighted by atomic mass is 79.9. The maximum atomic E-state index is 13.6. The van der Waals surface area contributed by atoms with E-state index >= 15 is 0 Å². The fourth-order valence-corrected chi connectivity index (χ4v) is 2.44. The first kappa shape index (κ1) is 11.9.